The van der Waals surface area contributed by atoms with Crippen LogP contribution in [0.25, 0.3) is 0 Å². The third-order valence-corrected chi connectivity index (χ3v) is 5.26. The van der Waals surface area contributed by atoms with E-state index in [2.05, 4.69) is 11.9 Å². The summed E-state index contributed by atoms with van der Waals surface area (Å²) in [5.41, 5.74) is 6.61. The van der Waals surface area contributed by atoms with E-state index in [4.69, 9.17) is 5.73 Å². The van der Waals surface area contributed by atoms with E-state index in [1.807, 2.05) is 47.4 Å². The number of nitrogens with two attached hydrogens (primary N) is 1. The molecule has 2 N–H and O–H groups in total. The number of carbonyl (C=O) groups excluding carboxylic acids is 1. The van der Waals surface area contributed by atoms with Crippen molar-refractivity contribution in [1.29, 1.82) is 0 Å². The van der Waals surface area contributed by atoms with E-state index in [1.165, 1.54) is 0 Å². The van der Waals surface area contributed by atoms with Gasteiger partial charge in [0.1, 0.15) is 5.03 Å². The Labute approximate surface area is 141 Å². The van der Waals surface area contributed by atoms with Crippen molar-refractivity contribution in [3.05, 3.63) is 54.2 Å². The fraction of sp³-hybridized carbons (Fsp3) is 0.333. The lowest BCUT2D eigenvalue weighted by molar-refractivity contribution is 0.0777. The first-order chi connectivity index (χ1) is 11.1. The van der Waals surface area contributed by atoms with Crippen LogP contribution in [0.15, 0.2) is 58.6 Å². The summed E-state index contributed by atoms with van der Waals surface area (Å²) in [6.45, 7) is 4.30. The Hall–Kier alpha value is -1.85. The van der Waals surface area contributed by atoms with Gasteiger partial charge in [-0.3, -0.25) is 4.79 Å². The van der Waals surface area contributed by atoms with Gasteiger partial charge in [-0.25, -0.2) is 4.98 Å². The molecule has 0 bridgehead atoms. The van der Waals surface area contributed by atoms with Crippen LogP contribution in [0.4, 0.5) is 0 Å². The molecule has 1 unspecified atom stereocenters. The molecule has 5 heteroatoms. The first-order valence-corrected chi connectivity index (χ1v) is 8.60. The van der Waals surface area contributed by atoms with Crippen LogP contribution in [0.1, 0.15) is 23.7 Å². The molecule has 1 saturated heterocycles. The number of pyridine rings is 1. The van der Waals surface area contributed by atoms with Gasteiger partial charge in [-0.05, 0) is 54.8 Å². The Bertz CT molecular complexity index is 674. The Balaban J connectivity index is 1.66. The molecule has 1 aromatic heterocycles. The van der Waals surface area contributed by atoms with Crippen molar-refractivity contribution >= 4 is 17.7 Å². The molecule has 1 fully saturated rings. The van der Waals surface area contributed by atoms with Gasteiger partial charge in [0.05, 0.1) is 0 Å². The zero-order valence-corrected chi connectivity index (χ0v) is 14.1. The molecule has 0 radical (unpaired) electrons. The van der Waals surface area contributed by atoms with Crippen molar-refractivity contribution in [2.75, 3.05) is 19.6 Å². The molecule has 2 aromatic rings. The molecule has 3 rings (SSSR count). The van der Waals surface area contributed by atoms with E-state index in [0.717, 1.165) is 35.0 Å². The molecule has 2 heterocycles. The largest absolute Gasteiger partial charge is 0.338 e. The number of rotatable bonds is 4. The highest BCUT2D eigenvalue weighted by atomic mass is 32.2. The van der Waals surface area contributed by atoms with Crippen LogP contribution < -0.4 is 5.73 Å². The van der Waals surface area contributed by atoms with Crippen molar-refractivity contribution in [1.82, 2.24) is 9.88 Å². The normalized spacial score (nSPS) is 20.7. The first kappa shape index (κ1) is 16.0. The molecule has 1 aromatic carbocycles. The molecule has 0 aliphatic carbocycles. The van der Waals surface area contributed by atoms with Gasteiger partial charge in [-0.1, -0.05) is 24.8 Å². The van der Waals surface area contributed by atoms with Crippen molar-refractivity contribution in [2.45, 2.75) is 23.3 Å². The van der Waals surface area contributed by atoms with E-state index < -0.39 is 0 Å². The van der Waals surface area contributed by atoms with Gasteiger partial charge in [-0.2, -0.15) is 0 Å². The smallest absolute Gasteiger partial charge is 0.253 e. The summed E-state index contributed by atoms with van der Waals surface area (Å²) >= 11 is 1.59. The van der Waals surface area contributed by atoms with Gasteiger partial charge >= 0.3 is 0 Å². The van der Waals surface area contributed by atoms with Crippen molar-refractivity contribution in [3.63, 3.8) is 0 Å². The van der Waals surface area contributed by atoms with Gasteiger partial charge < -0.3 is 10.6 Å². The maximum atomic E-state index is 12.6. The molecule has 1 amide bonds. The van der Waals surface area contributed by atoms with E-state index in [9.17, 15) is 4.79 Å². The number of aromatic nitrogens is 1. The molecule has 1 atom stereocenters. The van der Waals surface area contributed by atoms with Crippen LogP contribution in [0.5, 0.6) is 0 Å². The second-order valence-corrected chi connectivity index (χ2v) is 7.38. The minimum Gasteiger partial charge on any atom is -0.338 e. The fourth-order valence-electron chi connectivity index (χ4n) is 2.74. The quantitative estimate of drug-likeness (QED) is 0.938. The average molecular weight is 327 g/mol. The summed E-state index contributed by atoms with van der Waals surface area (Å²) < 4.78 is 0. The molecular weight excluding hydrogens is 306 g/mol. The molecule has 0 saturated carbocycles. The van der Waals surface area contributed by atoms with Crippen molar-refractivity contribution < 1.29 is 4.79 Å². The van der Waals surface area contributed by atoms with Gasteiger partial charge in [-0.15, -0.1) is 0 Å². The fourth-order valence-corrected chi connectivity index (χ4v) is 3.51. The number of hydrogen-bond acceptors (Lipinski definition) is 4. The third kappa shape index (κ3) is 3.74. The van der Waals surface area contributed by atoms with Crippen LogP contribution in [0.2, 0.25) is 0 Å². The highest BCUT2D eigenvalue weighted by molar-refractivity contribution is 7.99. The zero-order valence-electron chi connectivity index (χ0n) is 13.2. The van der Waals surface area contributed by atoms with E-state index in [0.29, 0.717) is 6.54 Å². The summed E-state index contributed by atoms with van der Waals surface area (Å²) in [6, 6.07) is 13.6. The summed E-state index contributed by atoms with van der Waals surface area (Å²) in [5.74, 6) is 0.0940. The maximum absolute atomic E-state index is 12.6. The summed E-state index contributed by atoms with van der Waals surface area (Å²) in [7, 11) is 0. The first-order valence-electron chi connectivity index (χ1n) is 7.78. The third-order valence-electron chi connectivity index (χ3n) is 4.30. The second-order valence-electron chi connectivity index (χ2n) is 6.29. The predicted molar refractivity (Wildman–Crippen MR) is 92.5 cm³/mol. The van der Waals surface area contributed by atoms with Gasteiger partial charge in [0.15, 0.2) is 0 Å². The number of likely N-dealkylation sites (tertiary alicyclic amines) is 1. The molecule has 4 nitrogen and oxygen atoms in total. The highest BCUT2D eigenvalue weighted by Crippen LogP contribution is 2.30. The minimum atomic E-state index is 0.0600. The van der Waals surface area contributed by atoms with E-state index >= 15 is 0 Å². The van der Waals surface area contributed by atoms with Crippen LogP contribution >= 0.6 is 11.8 Å². The number of amides is 1. The molecule has 23 heavy (non-hydrogen) atoms. The van der Waals surface area contributed by atoms with Crippen LogP contribution in [-0.4, -0.2) is 35.4 Å². The molecule has 120 valence electrons. The lowest BCUT2D eigenvalue weighted by Crippen LogP contribution is -2.34. The molecular formula is C18H21N3OS. The SMILES string of the molecule is CC1(CN)CCN(C(=O)c2ccc(Sc3ccccn3)cc2)C1. The predicted octanol–water partition coefficient (Wildman–Crippen LogP) is 3.04. The topological polar surface area (TPSA) is 59.2 Å². The second kappa shape index (κ2) is 6.72. The van der Waals surface area contributed by atoms with E-state index in [1.54, 1.807) is 18.0 Å². The van der Waals surface area contributed by atoms with E-state index in [-0.39, 0.29) is 11.3 Å². The lowest BCUT2D eigenvalue weighted by Gasteiger charge is -2.22. The Morgan fingerprint density at radius 1 is 1.30 bits per heavy atom. The molecule has 1 aliphatic heterocycles. The zero-order chi connectivity index (χ0) is 16.3. The number of carbonyl (C=O) groups is 1. The van der Waals surface area contributed by atoms with Gasteiger partial charge in [0.25, 0.3) is 5.91 Å². The number of nitrogens with zero attached hydrogens (tertiary/aromatic N) is 2. The number of benzene rings is 1. The Morgan fingerprint density at radius 2 is 2.09 bits per heavy atom. The van der Waals surface area contributed by atoms with Crippen molar-refractivity contribution in [2.24, 2.45) is 11.1 Å². The Kier molecular flexibility index (Phi) is 4.68. The van der Waals surface area contributed by atoms with Crippen LogP contribution in [-0.2, 0) is 0 Å². The average Bonchev–Trinajstić information content (AvgIpc) is 2.99. The lowest BCUT2D eigenvalue weighted by atomic mass is 9.90. The standard InChI is InChI=1S/C18H21N3OS/c1-18(12-19)9-11-21(13-18)17(22)14-5-7-15(8-6-14)23-16-4-2-3-10-20-16/h2-8,10H,9,11-13,19H2,1H3. The minimum absolute atomic E-state index is 0.0600. The van der Waals surface area contributed by atoms with Crippen molar-refractivity contribution in [3.8, 4) is 0 Å². The highest BCUT2D eigenvalue weighted by Gasteiger charge is 2.35. The Morgan fingerprint density at radius 3 is 2.70 bits per heavy atom. The van der Waals surface area contributed by atoms with Gasteiger partial charge in [0, 0.05) is 29.7 Å². The summed E-state index contributed by atoms with van der Waals surface area (Å²) in [6.07, 6.45) is 2.75. The van der Waals surface area contributed by atoms with Crippen LogP contribution in [0, 0.1) is 5.41 Å². The van der Waals surface area contributed by atoms with Gasteiger partial charge in [0.2, 0.25) is 0 Å². The monoisotopic (exact) mass is 327 g/mol. The number of hydrogen-bond donors (Lipinski definition) is 1. The van der Waals surface area contributed by atoms with Crippen LogP contribution in [0.3, 0.4) is 0 Å². The molecule has 1 aliphatic rings. The summed E-state index contributed by atoms with van der Waals surface area (Å²) in [5, 5.41) is 0.949. The maximum Gasteiger partial charge on any atom is 0.253 e. The molecule has 0 spiro atoms. The summed E-state index contributed by atoms with van der Waals surface area (Å²) in [4.78, 5) is 19.9.